The van der Waals surface area contributed by atoms with E-state index in [1.807, 2.05) is 60.4 Å². The van der Waals surface area contributed by atoms with Gasteiger partial charge < -0.3 is 10.0 Å². The fourth-order valence-electron chi connectivity index (χ4n) is 6.10. The van der Waals surface area contributed by atoms with Crippen LogP contribution in [0.1, 0.15) is 68.5 Å². The summed E-state index contributed by atoms with van der Waals surface area (Å²) in [6, 6.07) is 14.4. The number of piperidine rings is 1. The number of rotatable bonds is 12. The molecule has 1 N–H and O–H groups in total. The average molecular weight is 594 g/mol. The molecule has 0 unspecified atom stereocenters. The van der Waals surface area contributed by atoms with Crippen molar-refractivity contribution >= 4 is 39.1 Å². The highest BCUT2D eigenvalue weighted by Crippen LogP contribution is 2.53. The van der Waals surface area contributed by atoms with Crippen molar-refractivity contribution in [3.8, 4) is 0 Å². The lowest BCUT2D eigenvalue weighted by molar-refractivity contribution is -0.157. The second-order valence-electron chi connectivity index (χ2n) is 10.9. The zero-order valence-corrected chi connectivity index (χ0v) is 24.9. The number of benzene rings is 2. The Bertz CT molecular complexity index is 1280. The summed E-state index contributed by atoms with van der Waals surface area (Å²) in [5.74, 6) is -0.243. The number of carbonyl (C=O) groups is 1. The lowest BCUT2D eigenvalue weighted by Gasteiger charge is -2.53. The van der Waals surface area contributed by atoms with Crippen LogP contribution >= 0.6 is 23.2 Å². The van der Waals surface area contributed by atoms with Gasteiger partial charge in [0.05, 0.1) is 16.7 Å². The predicted molar refractivity (Wildman–Crippen MR) is 157 cm³/mol. The quantitative estimate of drug-likeness (QED) is 0.298. The Hall–Kier alpha value is -1.90. The molecule has 2 fully saturated rings. The molecule has 1 heterocycles. The number of allylic oxidation sites excluding steroid dienone is 1. The largest absolute Gasteiger partial charge is 0.396 e. The fourth-order valence-corrected chi connectivity index (χ4v) is 8.05. The first kappa shape index (κ1) is 30.1. The number of likely N-dealkylation sites (tertiary alicyclic amines) is 1. The minimum atomic E-state index is -3.43. The summed E-state index contributed by atoms with van der Waals surface area (Å²) >= 11 is 12.7. The van der Waals surface area contributed by atoms with Gasteiger partial charge in [-0.25, -0.2) is 12.7 Å². The summed E-state index contributed by atoms with van der Waals surface area (Å²) in [6.45, 7) is 5.97. The summed E-state index contributed by atoms with van der Waals surface area (Å²) in [6.07, 6.45) is 4.84. The van der Waals surface area contributed by atoms with Gasteiger partial charge in [-0.1, -0.05) is 60.5 Å². The number of halogens is 2. The van der Waals surface area contributed by atoms with Crippen LogP contribution in [0.2, 0.25) is 10.0 Å². The van der Waals surface area contributed by atoms with E-state index in [4.69, 9.17) is 23.2 Å². The van der Waals surface area contributed by atoms with E-state index in [1.54, 1.807) is 13.1 Å². The van der Waals surface area contributed by atoms with Gasteiger partial charge in [0.15, 0.2) is 0 Å². The Kier molecular flexibility index (Phi) is 9.49. The molecule has 1 aliphatic heterocycles. The van der Waals surface area contributed by atoms with Gasteiger partial charge >= 0.3 is 0 Å². The van der Waals surface area contributed by atoms with Crippen LogP contribution in [0.5, 0.6) is 0 Å². The Morgan fingerprint density at radius 1 is 1.15 bits per heavy atom. The van der Waals surface area contributed by atoms with Gasteiger partial charge in [0.25, 0.3) is 0 Å². The van der Waals surface area contributed by atoms with Crippen LogP contribution in [0.4, 0.5) is 0 Å². The molecule has 0 radical (unpaired) electrons. The Balaban J connectivity index is 1.89. The predicted octanol–water partition coefficient (Wildman–Crippen LogP) is 6.20. The van der Waals surface area contributed by atoms with Gasteiger partial charge in [0.1, 0.15) is 0 Å². The van der Waals surface area contributed by atoms with Gasteiger partial charge in [0.2, 0.25) is 15.9 Å². The summed E-state index contributed by atoms with van der Waals surface area (Å²) in [4.78, 5) is 16.5. The maximum Gasteiger partial charge on any atom is 0.230 e. The van der Waals surface area contributed by atoms with E-state index < -0.39 is 15.4 Å². The molecular weight excluding hydrogens is 555 g/mol. The number of hydrogen-bond donors (Lipinski definition) is 1. The van der Waals surface area contributed by atoms with Gasteiger partial charge in [-0.2, -0.15) is 0 Å². The van der Waals surface area contributed by atoms with E-state index in [2.05, 4.69) is 6.58 Å². The third-order valence-electron chi connectivity index (χ3n) is 8.31. The molecule has 1 aliphatic carbocycles. The SMILES string of the molecule is C=CC[C@]1(CCO)C[C@H](c2cccc(Cl)c2)[C@@H](c2ccc(Cl)cc2)N([C@@H](CC)CN(C)S(=O)(=O)C2CC2)C1=O. The molecule has 6 nitrogen and oxygen atoms in total. The standard InChI is InChI=1S/C30H38Cl2N2O4S/c1-4-15-30(16-17-35)19-27(22-7-6-8-24(32)18-22)28(21-9-11-23(31)12-10-21)34(29(30)36)25(5-2)20-33(3)39(37,38)26-13-14-26/h4,6-12,18,25-28,35H,1,5,13-17,19-20H2,2-3H3/t25-,27+,28+,30-/m0/s1. The van der Waals surface area contributed by atoms with Crippen LogP contribution in [0, 0.1) is 5.41 Å². The molecule has 2 aromatic carbocycles. The molecule has 9 heteroatoms. The zero-order chi connectivity index (χ0) is 28.4. The van der Waals surface area contributed by atoms with Gasteiger partial charge in [-0.15, -0.1) is 6.58 Å². The van der Waals surface area contributed by atoms with Crippen molar-refractivity contribution in [3.05, 3.63) is 82.4 Å². The molecular formula is C30H38Cl2N2O4S. The lowest BCUT2D eigenvalue weighted by Crippen LogP contribution is -2.58. The van der Waals surface area contributed by atoms with Gasteiger partial charge in [-0.05, 0) is 73.9 Å². The van der Waals surface area contributed by atoms with Crippen molar-refractivity contribution in [3.63, 3.8) is 0 Å². The van der Waals surface area contributed by atoms with Crippen molar-refractivity contribution < 1.29 is 18.3 Å². The van der Waals surface area contributed by atoms with Crippen molar-refractivity contribution in [2.75, 3.05) is 20.2 Å². The first-order valence-electron chi connectivity index (χ1n) is 13.6. The average Bonchev–Trinajstić information content (AvgIpc) is 3.76. The van der Waals surface area contributed by atoms with Crippen LogP contribution in [-0.4, -0.2) is 60.1 Å². The van der Waals surface area contributed by atoms with Crippen LogP contribution in [0.15, 0.2) is 61.2 Å². The normalized spacial score (nSPS) is 24.7. The van der Waals surface area contributed by atoms with E-state index in [1.165, 1.54) is 4.31 Å². The molecule has 2 aliphatic rings. The molecule has 1 amide bonds. The number of nitrogens with zero attached hydrogens (tertiary/aromatic N) is 2. The topological polar surface area (TPSA) is 77.9 Å². The molecule has 0 aromatic heterocycles. The maximum atomic E-state index is 14.6. The van der Waals surface area contributed by atoms with Crippen molar-refractivity contribution in [1.82, 2.24) is 9.21 Å². The number of aliphatic hydroxyl groups excluding tert-OH is 1. The highest BCUT2D eigenvalue weighted by atomic mass is 35.5. The second-order valence-corrected chi connectivity index (χ2v) is 14.1. The number of sulfonamides is 1. The lowest BCUT2D eigenvalue weighted by atomic mass is 9.64. The summed E-state index contributed by atoms with van der Waals surface area (Å²) in [5.41, 5.74) is 1.02. The molecule has 1 saturated heterocycles. The molecule has 39 heavy (non-hydrogen) atoms. The third kappa shape index (κ3) is 6.23. The number of carbonyl (C=O) groups excluding carboxylic acids is 1. The van der Waals surface area contributed by atoms with E-state index in [-0.39, 0.29) is 48.7 Å². The Labute approximate surface area is 242 Å². The molecule has 4 rings (SSSR count). The smallest absolute Gasteiger partial charge is 0.230 e. The van der Waals surface area contributed by atoms with Gasteiger partial charge in [0, 0.05) is 42.2 Å². The highest BCUT2D eigenvalue weighted by molar-refractivity contribution is 7.90. The van der Waals surface area contributed by atoms with Gasteiger partial charge in [-0.3, -0.25) is 4.79 Å². The van der Waals surface area contributed by atoms with Crippen LogP contribution in [0.25, 0.3) is 0 Å². The number of likely N-dealkylation sites (N-methyl/N-ethyl adjacent to an activating group) is 1. The molecule has 4 atom stereocenters. The maximum absolute atomic E-state index is 14.6. The number of hydrogen-bond acceptors (Lipinski definition) is 4. The fraction of sp³-hybridized carbons (Fsp3) is 0.500. The Morgan fingerprint density at radius 3 is 2.41 bits per heavy atom. The molecule has 212 valence electrons. The molecule has 0 bridgehead atoms. The molecule has 1 saturated carbocycles. The first-order chi connectivity index (χ1) is 18.6. The van der Waals surface area contributed by atoms with E-state index in [0.717, 1.165) is 11.1 Å². The molecule has 2 aromatic rings. The Morgan fingerprint density at radius 2 is 1.85 bits per heavy atom. The van der Waals surface area contributed by atoms with Crippen molar-refractivity contribution in [2.45, 2.75) is 68.7 Å². The van der Waals surface area contributed by atoms with Crippen molar-refractivity contribution in [2.24, 2.45) is 5.41 Å². The van der Waals surface area contributed by atoms with E-state index in [0.29, 0.717) is 42.1 Å². The zero-order valence-electron chi connectivity index (χ0n) is 22.6. The summed E-state index contributed by atoms with van der Waals surface area (Å²) in [7, 11) is -1.82. The third-order valence-corrected chi connectivity index (χ3v) is 11.1. The van der Waals surface area contributed by atoms with Crippen LogP contribution < -0.4 is 0 Å². The minimum Gasteiger partial charge on any atom is -0.396 e. The van der Waals surface area contributed by atoms with E-state index >= 15 is 0 Å². The highest BCUT2D eigenvalue weighted by Gasteiger charge is 2.53. The number of aliphatic hydroxyl groups is 1. The summed E-state index contributed by atoms with van der Waals surface area (Å²) < 4.78 is 27.6. The first-order valence-corrected chi connectivity index (χ1v) is 15.8. The monoisotopic (exact) mass is 592 g/mol. The van der Waals surface area contributed by atoms with E-state index in [9.17, 15) is 18.3 Å². The van der Waals surface area contributed by atoms with Crippen LogP contribution in [-0.2, 0) is 14.8 Å². The second kappa shape index (κ2) is 12.3. The van der Waals surface area contributed by atoms with Crippen LogP contribution in [0.3, 0.4) is 0 Å². The number of amides is 1. The summed E-state index contributed by atoms with van der Waals surface area (Å²) in [5, 5.41) is 11.0. The van der Waals surface area contributed by atoms with Crippen molar-refractivity contribution in [1.29, 1.82) is 0 Å². The molecule has 0 spiro atoms. The minimum absolute atomic E-state index is 0.0845.